The molecule has 0 unspecified atom stereocenters. The predicted molar refractivity (Wildman–Crippen MR) is 108 cm³/mol. The molecule has 0 heterocycles. The van der Waals surface area contributed by atoms with E-state index in [2.05, 4.69) is 5.32 Å². The molecule has 0 aromatic heterocycles. The van der Waals surface area contributed by atoms with Crippen LogP contribution >= 0.6 is 0 Å². The second kappa shape index (κ2) is 11.9. The second-order valence-electron chi connectivity index (χ2n) is 6.37. The minimum absolute atomic E-state index is 0.00789. The average Bonchev–Trinajstić information content (AvgIpc) is 2.72. The molecule has 2 aromatic rings. The molecule has 150 valence electrons. The Morgan fingerprint density at radius 1 is 0.964 bits per heavy atom. The lowest BCUT2D eigenvalue weighted by molar-refractivity contribution is -0.121. The highest BCUT2D eigenvalue weighted by Gasteiger charge is 2.14. The number of nitrogens with one attached hydrogen (secondary N) is 1. The lowest BCUT2D eigenvalue weighted by Gasteiger charge is -2.17. The molecule has 0 atom stereocenters. The van der Waals surface area contributed by atoms with Crippen molar-refractivity contribution in [2.24, 2.45) is 0 Å². The zero-order chi connectivity index (χ0) is 20.2. The summed E-state index contributed by atoms with van der Waals surface area (Å²) in [7, 11) is 1.62. The van der Waals surface area contributed by atoms with Crippen molar-refractivity contribution in [2.45, 2.75) is 20.1 Å². The molecule has 6 nitrogen and oxygen atoms in total. The number of hydrogen-bond donors (Lipinski definition) is 1. The summed E-state index contributed by atoms with van der Waals surface area (Å²) in [5.41, 5.74) is 2.59. The molecule has 0 aliphatic rings. The van der Waals surface area contributed by atoms with Crippen LogP contribution < -0.4 is 5.32 Å². The Kier molecular flexibility index (Phi) is 9.18. The summed E-state index contributed by atoms with van der Waals surface area (Å²) in [6.07, 6.45) is 0. The van der Waals surface area contributed by atoms with Gasteiger partial charge in [0.2, 0.25) is 5.91 Å². The van der Waals surface area contributed by atoms with Gasteiger partial charge in [0.05, 0.1) is 26.4 Å². The standard InChI is InChI=1S/C22H28N2O4/c1-3-27-12-13-28-17-19-9-7-8-18(14-19)15-23-21(25)16-24(2)22(26)20-10-5-4-6-11-20/h4-11,14H,3,12-13,15-17H2,1-2H3,(H,23,25). The van der Waals surface area contributed by atoms with Crippen LogP contribution in [0.1, 0.15) is 28.4 Å². The van der Waals surface area contributed by atoms with E-state index in [0.717, 1.165) is 11.1 Å². The molecule has 0 saturated heterocycles. The molecule has 0 saturated carbocycles. The summed E-state index contributed by atoms with van der Waals surface area (Å²) in [5, 5.41) is 2.85. The number of amides is 2. The van der Waals surface area contributed by atoms with Crippen LogP contribution in [-0.4, -0.2) is 50.1 Å². The third kappa shape index (κ3) is 7.50. The van der Waals surface area contributed by atoms with Crippen LogP contribution in [0.2, 0.25) is 0 Å². The van der Waals surface area contributed by atoms with E-state index in [0.29, 0.717) is 38.5 Å². The Morgan fingerprint density at radius 3 is 2.43 bits per heavy atom. The van der Waals surface area contributed by atoms with E-state index in [-0.39, 0.29) is 18.4 Å². The number of carbonyl (C=O) groups is 2. The molecule has 0 aliphatic heterocycles. The van der Waals surface area contributed by atoms with E-state index < -0.39 is 0 Å². The Balaban J connectivity index is 1.76. The maximum atomic E-state index is 12.3. The zero-order valence-electron chi connectivity index (χ0n) is 16.5. The second-order valence-corrected chi connectivity index (χ2v) is 6.37. The van der Waals surface area contributed by atoms with Gasteiger partial charge in [0.15, 0.2) is 0 Å². The molecule has 1 N–H and O–H groups in total. The van der Waals surface area contributed by atoms with E-state index in [1.807, 2.05) is 37.3 Å². The first-order valence-corrected chi connectivity index (χ1v) is 9.40. The van der Waals surface area contributed by atoms with Crippen LogP contribution in [0.15, 0.2) is 54.6 Å². The van der Waals surface area contributed by atoms with E-state index in [1.54, 1.807) is 31.3 Å². The fourth-order valence-electron chi connectivity index (χ4n) is 2.63. The van der Waals surface area contributed by atoms with Crippen molar-refractivity contribution >= 4 is 11.8 Å². The first kappa shape index (κ1) is 21.6. The molecule has 6 heteroatoms. The third-order valence-electron chi connectivity index (χ3n) is 4.07. The Hall–Kier alpha value is -2.70. The lowest BCUT2D eigenvalue weighted by atomic mass is 10.1. The Labute approximate surface area is 166 Å². The van der Waals surface area contributed by atoms with Crippen LogP contribution in [-0.2, 0) is 27.4 Å². The van der Waals surface area contributed by atoms with Gasteiger partial charge in [-0.3, -0.25) is 9.59 Å². The van der Waals surface area contributed by atoms with E-state index in [4.69, 9.17) is 9.47 Å². The van der Waals surface area contributed by atoms with Crippen LogP contribution in [0, 0.1) is 0 Å². The van der Waals surface area contributed by atoms with Gasteiger partial charge in [-0.05, 0) is 30.2 Å². The molecular weight excluding hydrogens is 356 g/mol. The number of hydrogen-bond acceptors (Lipinski definition) is 4. The summed E-state index contributed by atoms with van der Waals surface area (Å²) in [6.45, 7) is 4.69. The van der Waals surface area contributed by atoms with Crippen molar-refractivity contribution in [3.63, 3.8) is 0 Å². The molecule has 0 fully saturated rings. The quantitative estimate of drug-likeness (QED) is 0.605. The van der Waals surface area contributed by atoms with Gasteiger partial charge < -0.3 is 19.7 Å². The van der Waals surface area contributed by atoms with Gasteiger partial charge >= 0.3 is 0 Å². The van der Waals surface area contributed by atoms with Crippen LogP contribution in [0.3, 0.4) is 0 Å². The van der Waals surface area contributed by atoms with Crippen molar-refractivity contribution in [1.29, 1.82) is 0 Å². The summed E-state index contributed by atoms with van der Waals surface area (Å²) in [6, 6.07) is 16.8. The number of nitrogens with zero attached hydrogens (tertiary/aromatic N) is 1. The van der Waals surface area contributed by atoms with E-state index in [1.165, 1.54) is 4.90 Å². The molecular formula is C22H28N2O4. The van der Waals surface area contributed by atoms with Crippen molar-refractivity contribution in [2.75, 3.05) is 33.4 Å². The first-order valence-electron chi connectivity index (χ1n) is 9.40. The molecule has 28 heavy (non-hydrogen) atoms. The summed E-state index contributed by atoms with van der Waals surface area (Å²) >= 11 is 0. The van der Waals surface area contributed by atoms with Gasteiger partial charge in [-0.1, -0.05) is 42.5 Å². The minimum atomic E-state index is -0.204. The Bertz CT molecular complexity index is 749. The van der Waals surface area contributed by atoms with Crippen molar-refractivity contribution in [1.82, 2.24) is 10.2 Å². The average molecular weight is 384 g/mol. The van der Waals surface area contributed by atoms with Crippen molar-refractivity contribution < 1.29 is 19.1 Å². The predicted octanol–water partition coefficient (Wildman–Crippen LogP) is 2.63. The normalized spacial score (nSPS) is 10.5. The van der Waals surface area contributed by atoms with Gasteiger partial charge in [-0.2, -0.15) is 0 Å². The number of ether oxygens (including phenoxy) is 2. The van der Waals surface area contributed by atoms with Gasteiger partial charge in [0.25, 0.3) is 5.91 Å². The molecule has 0 radical (unpaired) electrons. The maximum absolute atomic E-state index is 12.3. The van der Waals surface area contributed by atoms with Crippen molar-refractivity contribution in [3.8, 4) is 0 Å². The fraction of sp³-hybridized carbons (Fsp3) is 0.364. The molecule has 2 aromatic carbocycles. The zero-order valence-corrected chi connectivity index (χ0v) is 16.5. The smallest absolute Gasteiger partial charge is 0.254 e. The van der Waals surface area contributed by atoms with Crippen LogP contribution in [0.5, 0.6) is 0 Å². The molecule has 2 rings (SSSR count). The van der Waals surface area contributed by atoms with Gasteiger partial charge in [0.1, 0.15) is 0 Å². The van der Waals surface area contributed by atoms with E-state index >= 15 is 0 Å². The third-order valence-corrected chi connectivity index (χ3v) is 4.07. The molecule has 0 spiro atoms. The Morgan fingerprint density at radius 2 is 1.68 bits per heavy atom. The fourth-order valence-corrected chi connectivity index (χ4v) is 2.63. The highest BCUT2D eigenvalue weighted by molar-refractivity contribution is 5.96. The summed E-state index contributed by atoms with van der Waals surface area (Å²) in [5.74, 6) is -0.382. The minimum Gasteiger partial charge on any atom is -0.379 e. The van der Waals surface area contributed by atoms with Gasteiger partial charge in [0, 0.05) is 25.8 Å². The summed E-state index contributed by atoms with van der Waals surface area (Å²) < 4.78 is 10.8. The van der Waals surface area contributed by atoms with Crippen LogP contribution in [0.4, 0.5) is 0 Å². The lowest BCUT2D eigenvalue weighted by Crippen LogP contribution is -2.38. The molecule has 0 bridgehead atoms. The SMILES string of the molecule is CCOCCOCc1cccc(CNC(=O)CN(C)C(=O)c2ccccc2)c1. The number of benzene rings is 2. The monoisotopic (exact) mass is 384 g/mol. The van der Waals surface area contributed by atoms with Gasteiger partial charge in [-0.15, -0.1) is 0 Å². The summed E-state index contributed by atoms with van der Waals surface area (Å²) in [4.78, 5) is 25.9. The molecule has 2 amide bonds. The highest BCUT2D eigenvalue weighted by Crippen LogP contribution is 2.07. The number of likely N-dealkylation sites (N-methyl/N-ethyl adjacent to an activating group) is 1. The van der Waals surface area contributed by atoms with Gasteiger partial charge in [-0.25, -0.2) is 0 Å². The highest BCUT2D eigenvalue weighted by atomic mass is 16.5. The van der Waals surface area contributed by atoms with E-state index in [9.17, 15) is 9.59 Å². The maximum Gasteiger partial charge on any atom is 0.254 e. The number of carbonyl (C=O) groups excluding carboxylic acids is 2. The van der Waals surface area contributed by atoms with Crippen LogP contribution in [0.25, 0.3) is 0 Å². The number of rotatable bonds is 11. The van der Waals surface area contributed by atoms with Crippen molar-refractivity contribution in [3.05, 3.63) is 71.3 Å². The topological polar surface area (TPSA) is 67.9 Å². The first-order chi connectivity index (χ1) is 13.6. The molecule has 0 aliphatic carbocycles. The largest absolute Gasteiger partial charge is 0.379 e.